The molecular formula is C20H19N3O2S. The third kappa shape index (κ3) is 3.13. The maximum Gasteiger partial charge on any atom is 0.243 e. The molecule has 26 heavy (non-hydrogen) atoms. The Kier molecular flexibility index (Phi) is 5.15. The predicted molar refractivity (Wildman–Crippen MR) is 98.8 cm³/mol. The lowest BCUT2D eigenvalue weighted by molar-refractivity contribution is -0.126. The van der Waals surface area contributed by atoms with E-state index >= 15 is 0 Å². The summed E-state index contributed by atoms with van der Waals surface area (Å²) >= 11 is 1.18. The summed E-state index contributed by atoms with van der Waals surface area (Å²) in [5, 5.41) is 22.3. The molecule has 1 spiro atoms. The predicted octanol–water partition coefficient (Wildman–Crippen LogP) is 3.48. The topological polar surface area (TPSA) is 93.8 Å². The van der Waals surface area contributed by atoms with E-state index < -0.39 is 11.3 Å². The number of nitrogens with one attached hydrogen (secondary N) is 1. The summed E-state index contributed by atoms with van der Waals surface area (Å²) in [7, 11) is 0. The summed E-state index contributed by atoms with van der Waals surface area (Å²) < 4.78 is 0. The average molecular weight is 365 g/mol. The van der Waals surface area contributed by atoms with E-state index in [-0.39, 0.29) is 17.4 Å². The van der Waals surface area contributed by atoms with Gasteiger partial charge in [0.05, 0.1) is 28.5 Å². The van der Waals surface area contributed by atoms with Crippen molar-refractivity contribution in [2.75, 3.05) is 5.75 Å². The van der Waals surface area contributed by atoms with Crippen LogP contribution in [0.1, 0.15) is 41.6 Å². The molecule has 1 fully saturated rings. The number of carbonyl (C=O) groups is 2. The molecule has 1 atom stereocenters. The lowest BCUT2D eigenvalue weighted by atomic mass is 9.67. The van der Waals surface area contributed by atoms with Gasteiger partial charge in [0.2, 0.25) is 5.91 Å². The van der Waals surface area contributed by atoms with Gasteiger partial charge in [-0.3, -0.25) is 9.59 Å². The zero-order chi connectivity index (χ0) is 18.7. The van der Waals surface area contributed by atoms with E-state index in [2.05, 4.69) is 17.5 Å². The number of benzene rings is 1. The van der Waals surface area contributed by atoms with Crippen molar-refractivity contribution in [3.05, 3.63) is 46.0 Å². The van der Waals surface area contributed by atoms with Crippen LogP contribution in [0.15, 0.2) is 34.9 Å². The van der Waals surface area contributed by atoms with Crippen LogP contribution in [0.5, 0.6) is 0 Å². The molecule has 1 amide bonds. The van der Waals surface area contributed by atoms with Gasteiger partial charge in [-0.2, -0.15) is 10.5 Å². The second-order valence-corrected chi connectivity index (χ2v) is 7.79. The largest absolute Gasteiger partial charge is 0.319 e. The minimum Gasteiger partial charge on any atom is -0.319 e. The molecule has 1 saturated carbocycles. The Balaban J connectivity index is 1.86. The molecule has 0 radical (unpaired) electrons. The molecule has 1 aliphatic heterocycles. The highest BCUT2D eigenvalue weighted by atomic mass is 32.2. The van der Waals surface area contributed by atoms with E-state index in [9.17, 15) is 20.1 Å². The first-order chi connectivity index (χ1) is 12.5. The third-order valence-corrected chi connectivity index (χ3v) is 6.24. The molecule has 1 aromatic rings. The van der Waals surface area contributed by atoms with Crippen LogP contribution in [-0.4, -0.2) is 17.4 Å². The fourth-order valence-electron chi connectivity index (χ4n) is 3.83. The van der Waals surface area contributed by atoms with Crippen molar-refractivity contribution in [3.8, 4) is 12.1 Å². The van der Waals surface area contributed by atoms with Crippen molar-refractivity contribution in [3.63, 3.8) is 0 Å². The number of amides is 1. The second kappa shape index (κ2) is 7.35. The number of thioether (sulfide) groups is 1. The number of hydrogen-bond acceptors (Lipinski definition) is 5. The molecule has 0 bridgehead atoms. The van der Waals surface area contributed by atoms with Crippen LogP contribution < -0.4 is 5.32 Å². The van der Waals surface area contributed by atoms with Crippen LogP contribution in [0.3, 0.4) is 0 Å². The number of rotatable bonds is 4. The smallest absolute Gasteiger partial charge is 0.243 e. The lowest BCUT2D eigenvalue weighted by Gasteiger charge is -2.37. The van der Waals surface area contributed by atoms with Crippen LogP contribution in [0.25, 0.3) is 0 Å². The number of nitrogens with zero attached hydrogens (tertiary/aromatic N) is 2. The van der Waals surface area contributed by atoms with Crippen LogP contribution in [0.4, 0.5) is 0 Å². The number of hydrogen-bond donors (Lipinski definition) is 1. The molecule has 5 nitrogen and oxygen atoms in total. The van der Waals surface area contributed by atoms with Crippen molar-refractivity contribution in [2.24, 2.45) is 11.3 Å². The molecule has 6 heteroatoms. The summed E-state index contributed by atoms with van der Waals surface area (Å²) in [5.74, 6) is -1.12. The van der Waals surface area contributed by atoms with E-state index in [1.807, 2.05) is 19.1 Å². The van der Waals surface area contributed by atoms with E-state index in [1.165, 1.54) is 11.8 Å². The number of allylic oxidation sites excluding steroid dienone is 1. The molecule has 0 saturated heterocycles. The third-order valence-electron chi connectivity index (χ3n) is 5.23. The molecular weight excluding hydrogens is 346 g/mol. The van der Waals surface area contributed by atoms with Crippen LogP contribution in [-0.2, 0) is 4.79 Å². The Morgan fingerprint density at radius 2 is 1.92 bits per heavy atom. The van der Waals surface area contributed by atoms with Crippen LogP contribution in [0, 0.1) is 40.9 Å². The van der Waals surface area contributed by atoms with Gasteiger partial charge in [-0.25, -0.2) is 0 Å². The van der Waals surface area contributed by atoms with Gasteiger partial charge in [-0.1, -0.05) is 54.4 Å². The van der Waals surface area contributed by atoms with E-state index in [0.29, 0.717) is 29.0 Å². The van der Waals surface area contributed by atoms with E-state index in [4.69, 9.17) is 0 Å². The highest BCUT2D eigenvalue weighted by molar-refractivity contribution is 8.03. The van der Waals surface area contributed by atoms with Gasteiger partial charge in [0.15, 0.2) is 5.78 Å². The lowest BCUT2D eigenvalue weighted by Crippen LogP contribution is -2.46. The van der Waals surface area contributed by atoms with Gasteiger partial charge >= 0.3 is 0 Å². The van der Waals surface area contributed by atoms with E-state index in [0.717, 1.165) is 18.4 Å². The zero-order valence-electron chi connectivity index (χ0n) is 14.5. The molecule has 1 aliphatic carbocycles. The maximum atomic E-state index is 12.4. The molecule has 0 aromatic heterocycles. The first-order valence-electron chi connectivity index (χ1n) is 8.60. The minimum absolute atomic E-state index is 0.0584. The summed E-state index contributed by atoms with van der Waals surface area (Å²) in [6, 6.07) is 11.6. The van der Waals surface area contributed by atoms with Gasteiger partial charge in [0.25, 0.3) is 0 Å². The quantitative estimate of drug-likeness (QED) is 0.825. The van der Waals surface area contributed by atoms with E-state index in [1.54, 1.807) is 12.1 Å². The zero-order valence-corrected chi connectivity index (χ0v) is 15.4. The summed E-state index contributed by atoms with van der Waals surface area (Å²) in [6.07, 6.45) is 3.13. The number of carbonyl (C=O) groups excluding carboxylic acids is 2. The monoisotopic (exact) mass is 365 g/mol. The summed E-state index contributed by atoms with van der Waals surface area (Å²) in [4.78, 5) is 24.9. The Hall–Kier alpha value is -2.57. The minimum atomic E-state index is -0.836. The number of Topliss-reactive ketones (excluding diaryl/α,β-unsaturated/α-hetero) is 1. The maximum absolute atomic E-state index is 12.4. The van der Waals surface area contributed by atoms with Gasteiger partial charge in [-0.15, -0.1) is 0 Å². The summed E-state index contributed by atoms with van der Waals surface area (Å²) in [5.41, 5.74) is 1.45. The SMILES string of the molecule is Cc1ccc(C(=O)CSC2=C(C#N)C3(CCCC3)C(C#N)C(=O)N2)cc1. The molecule has 2 aliphatic rings. The van der Waals surface area contributed by atoms with Crippen molar-refractivity contribution in [1.82, 2.24) is 5.32 Å². The van der Waals surface area contributed by atoms with Crippen molar-refractivity contribution in [1.29, 1.82) is 10.5 Å². The second-order valence-electron chi connectivity index (χ2n) is 6.81. The highest BCUT2D eigenvalue weighted by Crippen LogP contribution is 2.53. The number of nitriles is 2. The van der Waals surface area contributed by atoms with Crippen molar-refractivity contribution in [2.45, 2.75) is 32.6 Å². The standard InChI is InChI=1S/C20H19N3O2S/c1-13-4-6-14(7-5-13)17(24)12-26-19-16(11-22)20(8-2-3-9-20)15(10-21)18(25)23-19/h4-7,15H,2-3,8-9,12H2,1H3,(H,23,25). The summed E-state index contributed by atoms with van der Waals surface area (Å²) in [6.45, 7) is 1.96. The van der Waals surface area contributed by atoms with Gasteiger partial charge in [0.1, 0.15) is 5.92 Å². The first-order valence-corrected chi connectivity index (χ1v) is 9.58. The molecule has 1 N–H and O–H groups in total. The number of ketones is 1. The van der Waals surface area contributed by atoms with Gasteiger partial charge in [0, 0.05) is 11.0 Å². The van der Waals surface area contributed by atoms with Gasteiger partial charge < -0.3 is 5.32 Å². The first kappa shape index (κ1) is 18.2. The Bertz CT molecular complexity index is 853. The van der Waals surface area contributed by atoms with Gasteiger partial charge in [-0.05, 0) is 19.8 Å². The Labute approximate surface area is 157 Å². The number of aryl methyl sites for hydroxylation is 1. The fourth-order valence-corrected chi connectivity index (χ4v) is 4.83. The Morgan fingerprint density at radius 1 is 1.27 bits per heavy atom. The molecule has 1 heterocycles. The fraction of sp³-hybridized carbons (Fsp3) is 0.400. The highest BCUT2D eigenvalue weighted by Gasteiger charge is 2.52. The Morgan fingerprint density at radius 3 is 2.50 bits per heavy atom. The van der Waals surface area contributed by atoms with Crippen molar-refractivity contribution >= 4 is 23.5 Å². The van der Waals surface area contributed by atoms with Crippen LogP contribution >= 0.6 is 11.8 Å². The average Bonchev–Trinajstić information content (AvgIpc) is 3.10. The van der Waals surface area contributed by atoms with Crippen molar-refractivity contribution < 1.29 is 9.59 Å². The molecule has 3 rings (SSSR count). The molecule has 132 valence electrons. The van der Waals surface area contributed by atoms with Crippen LogP contribution in [0.2, 0.25) is 0 Å². The normalized spacial score (nSPS) is 21.2. The molecule has 1 aromatic carbocycles. The molecule has 1 unspecified atom stereocenters.